The minimum atomic E-state index is -0.216. The zero-order valence-corrected chi connectivity index (χ0v) is 9.61. The van der Waals surface area contributed by atoms with Crippen molar-refractivity contribution in [2.45, 2.75) is 25.4 Å². The number of nitrogens with one attached hydrogen (secondary N) is 1. The summed E-state index contributed by atoms with van der Waals surface area (Å²) in [5.41, 5.74) is -0.216. The van der Waals surface area contributed by atoms with Gasteiger partial charge in [-0.05, 0) is 45.0 Å². The Morgan fingerprint density at radius 2 is 1.69 bits per heavy atom. The highest BCUT2D eigenvalue weighted by molar-refractivity contribution is 5.08. The van der Waals surface area contributed by atoms with Gasteiger partial charge in [0.1, 0.15) is 0 Å². The molecule has 0 amide bonds. The van der Waals surface area contributed by atoms with Crippen LogP contribution in [0, 0.1) is 5.92 Å². The first-order valence-electron chi connectivity index (χ1n) is 6.03. The summed E-state index contributed by atoms with van der Waals surface area (Å²) in [5.74, 6) is 0.584. The monoisotopic (exact) mass is 215 g/mol. The van der Waals surface area contributed by atoms with Gasteiger partial charge >= 0.3 is 0 Å². The molecule has 3 heteroatoms. The van der Waals surface area contributed by atoms with E-state index >= 15 is 0 Å². The summed E-state index contributed by atoms with van der Waals surface area (Å²) in [7, 11) is 0. The van der Waals surface area contributed by atoms with E-state index in [1.165, 1.54) is 12.8 Å². The average Bonchev–Trinajstić information content (AvgIpc) is 2.68. The molecule has 1 fully saturated rings. The molecule has 0 bridgehead atoms. The maximum absolute atomic E-state index is 4.81. The van der Waals surface area contributed by atoms with Crippen LogP contribution in [0.15, 0.2) is 34.3 Å². The minimum absolute atomic E-state index is 0.216. The van der Waals surface area contributed by atoms with Gasteiger partial charge < -0.3 is 5.32 Å². The third-order valence-corrected chi connectivity index (χ3v) is 3.69. The van der Waals surface area contributed by atoms with Crippen LogP contribution in [-0.4, -0.2) is 18.8 Å². The fraction of sp³-hybridized carbons (Fsp3) is 0.538. The molecule has 0 spiro atoms. The Morgan fingerprint density at radius 3 is 2.25 bits per heavy atom. The fourth-order valence-electron chi connectivity index (χ4n) is 2.72. The largest absolute Gasteiger partial charge is 0.317 e. The molecule has 2 aliphatic heterocycles. The van der Waals surface area contributed by atoms with Crippen molar-refractivity contribution in [1.82, 2.24) is 5.32 Å². The second-order valence-electron chi connectivity index (χ2n) is 4.83. The van der Waals surface area contributed by atoms with Crippen LogP contribution in [0.2, 0.25) is 0 Å². The van der Waals surface area contributed by atoms with Gasteiger partial charge in [-0.25, -0.2) is 0 Å². The van der Waals surface area contributed by atoms with E-state index in [0.29, 0.717) is 5.92 Å². The summed E-state index contributed by atoms with van der Waals surface area (Å²) in [4.78, 5) is 9.63. The van der Waals surface area contributed by atoms with Gasteiger partial charge in [0.15, 0.2) is 5.66 Å². The van der Waals surface area contributed by atoms with E-state index in [2.05, 4.69) is 24.4 Å². The molecule has 0 radical (unpaired) electrons. The molecule has 1 N–H and O–H groups in total. The number of fused-ring (bicyclic) bond motifs is 1. The van der Waals surface area contributed by atoms with Crippen LogP contribution in [0.3, 0.4) is 0 Å². The second kappa shape index (κ2) is 3.67. The number of hydrogen-bond donors (Lipinski definition) is 1. The molecule has 1 saturated heterocycles. The summed E-state index contributed by atoms with van der Waals surface area (Å²) in [6.45, 7) is 4.37. The van der Waals surface area contributed by atoms with Gasteiger partial charge in [-0.3, -0.25) is 9.98 Å². The van der Waals surface area contributed by atoms with Gasteiger partial charge in [-0.15, -0.1) is 0 Å². The first-order chi connectivity index (χ1) is 7.78. The van der Waals surface area contributed by atoms with E-state index in [-0.39, 0.29) is 5.66 Å². The van der Waals surface area contributed by atoms with Crippen molar-refractivity contribution in [3.8, 4) is 0 Å². The Hall–Kier alpha value is -1.22. The molecule has 1 aromatic carbocycles. The van der Waals surface area contributed by atoms with Crippen molar-refractivity contribution >= 4 is 0 Å². The number of piperidine rings is 1. The first-order valence-corrected chi connectivity index (χ1v) is 6.03. The zero-order chi connectivity index (χ0) is 11.0. The summed E-state index contributed by atoms with van der Waals surface area (Å²) in [6.07, 6.45) is 2.36. The SMILES string of the molecule is CC1(C2CCNCC2)N=c2ccccc2=N1. The average molecular weight is 215 g/mol. The highest BCUT2D eigenvalue weighted by Gasteiger charge is 2.35. The number of rotatable bonds is 1. The van der Waals surface area contributed by atoms with E-state index in [9.17, 15) is 0 Å². The molecule has 1 aromatic rings. The molecule has 2 aliphatic rings. The van der Waals surface area contributed by atoms with Crippen molar-refractivity contribution in [1.29, 1.82) is 0 Å². The Balaban J connectivity index is 1.99. The number of hydrogen-bond acceptors (Lipinski definition) is 3. The predicted octanol–water partition coefficient (Wildman–Crippen LogP) is 0.655. The van der Waals surface area contributed by atoms with Crippen LogP contribution < -0.4 is 16.0 Å². The molecule has 0 aliphatic carbocycles. The molecule has 0 unspecified atom stereocenters. The van der Waals surface area contributed by atoms with E-state index in [1.54, 1.807) is 0 Å². The second-order valence-corrected chi connectivity index (χ2v) is 4.83. The molecule has 3 nitrogen and oxygen atoms in total. The topological polar surface area (TPSA) is 36.8 Å². The third kappa shape index (κ3) is 1.55. The van der Waals surface area contributed by atoms with Gasteiger partial charge in [0.2, 0.25) is 0 Å². The highest BCUT2D eigenvalue weighted by Crippen LogP contribution is 2.30. The third-order valence-electron chi connectivity index (χ3n) is 3.69. The molecule has 2 heterocycles. The molecule has 0 aromatic heterocycles. The Kier molecular flexibility index (Phi) is 2.28. The van der Waals surface area contributed by atoms with E-state index < -0.39 is 0 Å². The molecule has 3 rings (SSSR count). The first kappa shape index (κ1) is 9.97. The normalized spacial score (nSPS) is 23.3. The molecular formula is C13H17N3. The van der Waals surface area contributed by atoms with Crippen LogP contribution in [-0.2, 0) is 0 Å². The lowest BCUT2D eigenvalue weighted by Crippen LogP contribution is -2.39. The molecular weight excluding hydrogens is 198 g/mol. The maximum Gasteiger partial charge on any atom is 0.151 e. The van der Waals surface area contributed by atoms with Crippen molar-refractivity contribution in [2.75, 3.05) is 13.1 Å². The molecule has 84 valence electrons. The lowest BCUT2D eigenvalue weighted by molar-refractivity contribution is 0.241. The van der Waals surface area contributed by atoms with Crippen molar-refractivity contribution in [2.24, 2.45) is 15.9 Å². The predicted molar refractivity (Wildman–Crippen MR) is 62.8 cm³/mol. The van der Waals surface area contributed by atoms with Crippen LogP contribution in [0.1, 0.15) is 19.8 Å². The standard InChI is InChI=1S/C13H17N3/c1-13(10-6-8-14-9-7-10)15-11-4-2-3-5-12(11)16-13/h2-5,10,14H,6-9H2,1H3. The van der Waals surface area contributed by atoms with E-state index in [4.69, 9.17) is 9.98 Å². The summed E-state index contributed by atoms with van der Waals surface area (Å²) < 4.78 is 0. The van der Waals surface area contributed by atoms with Crippen LogP contribution in [0.25, 0.3) is 0 Å². The summed E-state index contributed by atoms with van der Waals surface area (Å²) in [6, 6.07) is 8.19. The van der Waals surface area contributed by atoms with Crippen LogP contribution >= 0.6 is 0 Å². The van der Waals surface area contributed by atoms with E-state index in [1.807, 2.05) is 12.1 Å². The number of para-hydroxylation sites is 2. The van der Waals surface area contributed by atoms with Crippen molar-refractivity contribution < 1.29 is 0 Å². The van der Waals surface area contributed by atoms with Gasteiger partial charge in [0, 0.05) is 5.92 Å². The minimum Gasteiger partial charge on any atom is -0.317 e. The molecule has 16 heavy (non-hydrogen) atoms. The smallest absolute Gasteiger partial charge is 0.151 e. The highest BCUT2D eigenvalue weighted by atomic mass is 15.1. The molecule has 0 atom stereocenters. The quantitative estimate of drug-likeness (QED) is 0.734. The summed E-state index contributed by atoms with van der Waals surface area (Å²) in [5, 5.41) is 5.51. The van der Waals surface area contributed by atoms with Gasteiger partial charge in [-0.2, -0.15) is 0 Å². The Morgan fingerprint density at radius 1 is 1.12 bits per heavy atom. The summed E-state index contributed by atoms with van der Waals surface area (Å²) >= 11 is 0. The number of benzene rings is 1. The van der Waals surface area contributed by atoms with Crippen LogP contribution in [0.4, 0.5) is 0 Å². The number of nitrogens with zero attached hydrogens (tertiary/aromatic N) is 2. The van der Waals surface area contributed by atoms with E-state index in [0.717, 1.165) is 23.8 Å². The maximum atomic E-state index is 4.81. The van der Waals surface area contributed by atoms with Gasteiger partial charge in [-0.1, -0.05) is 12.1 Å². The lowest BCUT2D eigenvalue weighted by atomic mass is 9.87. The van der Waals surface area contributed by atoms with Crippen molar-refractivity contribution in [3.63, 3.8) is 0 Å². The molecule has 0 saturated carbocycles. The zero-order valence-electron chi connectivity index (χ0n) is 9.61. The lowest BCUT2D eigenvalue weighted by Gasteiger charge is -2.32. The van der Waals surface area contributed by atoms with Gasteiger partial charge in [0.05, 0.1) is 10.7 Å². The Labute approximate surface area is 95.3 Å². The van der Waals surface area contributed by atoms with Gasteiger partial charge in [0.25, 0.3) is 0 Å². The fourth-order valence-corrected chi connectivity index (χ4v) is 2.72. The van der Waals surface area contributed by atoms with Crippen molar-refractivity contribution in [3.05, 3.63) is 35.0 Å². The van der Waals surface area contributed by atoms with Crippen LogP contribution in [0.5, 0.6) is 0 Å². The Bertz CT molecular complexity index is 465.